The van der Waals surface area contributed by atoms with Gasteiger partial charge in [-0.3, -0.25) is 14.4 Å². The van der Waals surface area contributed by atoms with Crippen molar-refractivity contribution in [3.8, 4) is 5.75 Å². The Balaban J connectivity index is 1.69. The Morgan fingerprint density at radius 2 is 1.82 bits per heavy atom. The largest absolute Gasteiger partial charge is 0.497 e. The van der Waals surface area contributed by atoms with Crippen LogP contribution in [0.15, 0.2) is 48.6 Å². The Bertz CT molecular complexity index is 1180. The van der Waals surface area contributed by atoms with Crippen LogP contribution >= 0.6 is 0 Å². The Labute approximate surface area is 229 Å². The molecule has 1 unspecified atom stereocenters. The highest BCUT2D eigenvalue weighted by Gasteiger charge is 2.76. The molecule has 0 aliphatic carbocycles. The van der Waals surface area contributed by atoms with Gasteiger partial charge in [-0.1, -0.05) is 45.1 Å². The molecule has 0 radical (unpaired) electrons. The molecule has 39 heavy (non-hydrogen) atoms. The van der Waals surface area contributed by atoms with E-state index in [1.54, 1.807) is 36.3 Å². The predicted octanol–water partition coefficient (Wildman–Crippen LogP) is 2.87. The van der Waals surface area contributed by atoms with Crippen LogP contribution in [0.4, 0.5) is 5.69 Å². The van der Waals surface area contributed by atoms with E-state index >= 15 is 0 Å². The molecule has 0 saturated carbocycles. The van der Waals surface area contributed by atoms with Gasteiger partial charge in [0.05, 0.1) is 32.3 Å². The van der Waals surface area contributed by atoms with Crippen LogP contribution in [0.1, 0.15) is 40.0 Å². The summed E-state index contributed by atoms with van der Waals surface area (Å²) in [4.78, 5) is 45.8. The molecule has 0 bridgehead atoms. The number of fused-ring (bicyclic) bond motifs is 2. The normalized spacial score (nSPS) is 33.9. The molecule has 1 aromatic rings. The fourth-order valence-corrected chi connectivity index (χ4v) is 6.79. The zero-order chi connectivity index (χ0) is 27.9. The van der Waals surface area contributed by atoms with Gasteiger partial charge < -0.3 is 29.1 Å². The molecule has 1 spiro atoms. The molecule has 4 aliphatic heterocycles. The molecule has 6 atom stereocenters. The van der Waals surface area contributed by atoms with Crippen molar-refractivity contribution in [1.29, 1.82) is 0 Å². The second kappa shape index (κ2) is 10.4. The molecule has 4 aliphatic rings. The molecular weight excluding hydrogens is 500 g/mol. The van der Waals surface area contributed by atoms with E-state index in [0.29, 0.717) is 30.7 Å². The Kier molecular flexibility index (Phi) is 7.33. The molecule has 2 fully saturated rings. The first kappa shape index (κ1) is 27.4. The van der Waals surface area contributed by atoms with Crippen molar-refractivity contribution in [2.45, 2.75) is 63.3 Å². The number of carbonyl (C=O) groups is 3. The summed E-state index contributed by atoms with van der Waals surface area (Å²) in [6.45, 7) is 5.93. The van der Waals surface area contributed by atoms with Gasteiger partial charge in [-0.25, -0.2) is 0 Å². The summed E-state index contributed by atoms with van der Waals surface area (Å²) in [5.41, 5.74) is -1.85. The van der Waals surface area contributed by atoms with Crippen LogP contribution in [0.2, 0.25) is 0 Å². The number of allylic oxidation sites excluding steroid dienone is 1. The zero-order valence-corrected chi connectivity index (χ0v) is 23.0. The lowest BCUT2D eigenvalue weighted by Crippen LogP contribution is -2.60. The highest BCUT2D eigenvalue weighted by molar-refractivity contribution is 6.05. The molecular formula is C30H38N2O7. The number of rotatable bonds is 6. The quantitative estimate of drug-likeness (QED) is 0.439. The number of nitrogens with zero attached hydrogens (tertiary/aromatic N) is 2. The number of esters is 1. The third kappa shape index (κ3) is 4.17. The van der Waals surface area contributed by atoms with Crippen LogP contribution < -0.4 is 9.64 Å². The minimum atomic E-state index is -1.40. The first-order valence-corrected chi connectivity index (χ1v) is 13.8. The smallest absolute Gasteiger partial charge is 0.313 e. The number of hydrogen-bond acceptors (Lipinski definition) is 7. The Morgan fingerprint density at radius 1 is 1.08 bits per heavy atom. The van der Waals surface area contributed by atoms with Gasteiger partial charge in [0.2, 0.25) is 5.91 Å². The van der Waals surface area contributed by atoms with Crippen LogP contribution in [-0.2, 0) is 23.9 Å². The number of carbonyl (C=O) groups excluding carboxylic acids is 3. The van der Waals surface area contributed by atoms with Crippen molar-refractivity contribution in [1.82, 2.24) is 4.90 Å². The van der Waals surface area contributed by atoms with Crippen molar-refractivity contribution in [3.63, 3.8) is 0 Å². The van der Waals surface area contributed by atoms with Gasteiger partial charge >= 0.3 is 5.97 Å². The van der Waals surface area contributed by atoms with Crippen LogP contribution in [0.3, 0.4) is 0 Å². The molecule has 1 aromatic carbocycles. The highest BCUT2D eigenvalue weighted by atomic mass is 16.6. The maximum Gasteiger partial charge on any atom is 0.313 e. The average Bonchev–Trinajstić information content (AvgIpc) is 3.31. The van der Waals surface area contributed by atoms with Crippen molar-refractivity contribution < 1.29 is 33.7 Å². The molecule has 4 heterocycles. The van der Waals surface area contributed by atoms with Crippen molar-refractivity contribution in [2.24, 2.45) is 17.8 Å². The maximum atomic E-state index is 14.6. The lowest BCUT2D eigenvalue weighted by Gasteiger charge is -2.41. The molecule has 5 rings (SSSR count). The fourth-order valence-electron chi connectivity index (χ4n) is 6.79. The lowest BCUT2D eigenvalue weighted by molar-refractivity contribution is -0.161. The van der Waals surface area contributed by atoms with E-state index < -0.39 is 41.1 Å². The second-order valence-electron chi connectivity index (χ2n) is 11.1. The molecule has 2 amide bonds. The van der Waals surface area contributed by atoms with Gasteiger partial charge in [-0.05, 0) is 49.4 Å². The standard InChI is InChI=1S/C30H38N2O7/c1-5-29-14-7-6-8-17-38-28(36)24(29)23-26(34)32(22(18-33)19(2)3)25-27(35)31(16-9-15-30(23,25)39-29)20-10-12-21(37-4)13-11-20/h7,9-15,19,22-25,33H,5-6,8,16-18H2,1-4H3/b14-7-/t22-,23-,24-,25?,29+,30-/m0/s1. The molecule has 1 N–H and O–H groups in total. The number of ether oxygens (including phenoxy) is 3. The van der Waals surface area contributed by atoms with Crippen LogP contribution in [0, 0.1) is 17.8 Å². The lowest BCUT2D eigenvalue weighted by atomic mass is 9.73. The second-order valence-corrected chi connectivity index (χ2v) is 11.1. The van der Waals surface area contributed by atoms with E-state index in [2.05, 4.69) is 0 Å². The van der Waals surface area contributed by atoms with Gasteiger partial charge in [-0.15, -0.1) is 0 Å². The topological polar surface area (TPSA) is 106 Å². The van der Waals surface area contributed by atoms with Crippen LogP contribution in [-0.4, -0.2) is 77.9 Å². The number of aliphatic hydroxyl groups is 1. The first-order chi connectivity index (χ1) is 18.7. The molecule has 9 heteroatoms. The fraction of sp³-hybridized carbons (Fsp3) is 0.567. The van der Waals surface area contributed by atoms with Gasteiger partial charge in [0.25, 0.3) is 5.91 Å². The number of cyclic esters (lactones) is 1. The highest BCUT2D eigenvalue weighted by Crippen LogP contribution is 2.58. The number of methoxy groups -OCH3 is 1. The summed E-state index contributed by atoms with van der Waals surface area (Å²) >= 11 is 0. The molecule has 0 aromatic heterocycles. The van der Waals surface area contributed by atoms with Crippen LogP contribution in [0.25, 0.3) is 0 Å². The summed E-state index contributed by atoms with van der Waals surface area (Å²) in [6.07, 6.45) is 9.38. The number of likely N-dealkylation sites (tertiary alicyclic amines) is 1. The summed E-state index contributed by atoms with van der Waals surface area (Å²) in [5.74, 6) is -2.56. The van der Waals surface area contributed by atoms with Crippen molar-refractivity contribution in [3.05, 3.63) is 48.6 Å². The van der Waals surface area contributed by atoms with E-state index in [0.717, 1.165) is 0 Å². The predicted molar refractivity (Wildman–Crippen MR) is 144 cm³/mol. The van der Waals surface area contributed by atoms with Gasteiger partial charge in [0.15, 0.2) is 0 Å². The van der Waals surface area contributed by atoms with Crippen molar-refractivity contribution in [2.75, 3.05) is 31.8 Å². The number of amides is 2. The number of aliphatic hydroxyl groups excluding tert-OH is 1. The first-order valence-electron chi connectivity index (χ1n) is 13.8. The monoisotopic (exact) mass is 538 g/mol. The zero-order valence-electron chi connectivity index (χ0n) is 23.0. The minimum Gasteiger partial charge on any atom is -0.497 e. The molecule has 2 saturated heterocycles. The summed E-state index contributed by atoms with van der Waals surface area (Å²) < 4.78 is 17.9. The third-order valence-electron chi connectivity index (χ3n) is 8.77. The van der Waals surface area contributed by atoms with Crippen LogP contribution in [0.5, 0.6) is 5.75 Å². The Morgan fingerprint density at radius 3 is 2.46 bits per heavy atom. The molecule has 210 valence electrons. The maximum absolute atomic E-state index is 14.6. The summed E-state index contributed by atoms with van der Waals surface area (Å²) in [5, 5.41) is 10.4. The van der Waals surface area contributed by atoms with Gasteiger partial charge in [0, 0.05) is 12.2 Å². The average molecular weight is 539 g/mol. The summed E-state index contributed by atoms with van der Waals surface area (Å²) in [7, 11) is 1.58. The SMILES string of the molecule is CC[C@@]12/C=C\CCCOC(=O)[C@@H]1[C@H]1C(=O)N([C@@H](CO)C(C)C)C3C(=O)N(c4ccc(OC)cc4)CC=C[C@@]31O2. The third-order valence-corrected chi connectivity index (χ3v) is 8.77. The minimum absolute atomic E-state index is 0.146. The Hall–Kier alpha value is -3.17. The number of hydrogen-bond donors (Lipinski definition) is 1. The number of anilines is 1. The van der Waals surface area contributed by atoms with Gasteiger partial charge in [0.1, 0.15) is 28.9 Å². The van der Waals surface area contributed by atoms with E-state index in [1.807, 2.05) is 45.1 Å². The van der Waals surface area contributed by atoms with E-state index in [1.165, 1.54) is 4.90 Å². The van der Waals surface area contributed by atoms with E-state index in [9.17, 15) is 19.5 Å². The van der Waals surface area contributed by atoms with Gasteiger partial charge in [-0.2, -0.15) is 0 Å². The van der Waals surface area contributed by atoms with E-state index in [-0.39, 0.29) is 37.5 Å². The van der Waals surface area contributed by atoms with Crippen molar-refractivity contribution >= 4 is 23.5 Å². The number of benzene rings is 1. The van der Waals surface area contributed by atoms with E-state index in [4.69, 9.17) is 14.2 Å². The molecule has 9 nitrogen and oxygen atoms in total. The summed E-state index contributed by atoms with van der Waals surface area (Å²) in [6, 6.07) is 5.45.